The van der Waals surface area contributed by atoms with Crippen LogP contribution in [0.5, 0.6) is 11.5 Å². The van der Waals surface area contributed by atoms with Crippen LogP contribution >= 0.6 is 0 Å². The van der Waals surface area contributed by atoms with Gasteiger partial charge < -0.3 is 19.5 Å². The number of amides is 1. The summed E-state index contributed by atoms with van der Waals surface area (Å²) in [4.78, 5) is 15.2. The maximum Gasteiger partial charge on any atom is 0.261 e. The fourth-order valence-electron chi connectivity index (χ4n) is 4.92. The second kappa shape index (κ2) is 13.6. The number of rotatable bonds is 10. The van der Waals surface area contributed by atoms with Crippen molar-refractivity contribution in [1.29, 1.82) is 0 Å². The lowest BCUT2D eigenvalue weighted by molar-refractivity contribution is -0.134. The van der Waals surface area contributed by atoms with E-state index >= 15 is 0 Å². The highest BCUT2D eigenvalue weighted by Gasteiger charge is 2.33. The van der Waals surface area contributed by atoms with Gasteiger partial charge in [-0.2, -0.15) is 4.31 Å². The van der Waals surface area contributed by atoms with Crippen molar-refractivity contribution in [1.82, 2.24) is 9.21 Å². The van der Waals surface area contributed by atoms with Gasteiger partial charge in [0, 0.05) is 30.8 Å². The maximum absolute atomic E-state index is 13.5. The molecular formula is C31H39N3O8S2. The predicted molar refractivity (Wildman–Crippen MR) is 167 cm³/mol. The third-order valence-electron chi connectivity index (χ3n) is 7.70. The largest absolute Gasteiger partial charge is 0.497 e. The summed E-state index contributed by atoms with van der Waals surface area (Å²) in [5.41, 5.74) is 1.59. The van der Waals surface area contributed by atoms with Crippen LogP contribution in [0.1, 0.15) is 25.0 Å². The highest BCUT2D eigenvalue weighted by Crippen LogP contribution is 2.31. The Balaban J connectivity index is 1.67. The average Bonchev–Trinajstić information content (AvgIpc) is 3.04. The van der Waals surface area contributed by atoms with Crippen LogP contribution in [-0.2, 0) is 31.3 Å². The van der Waals surface area contributed by atoms with Crippen LogP contribution < -0.4 is 14.2 Å². The monoisotopic (exact) mass is 645 g/mol. The lowest BCUT2D eigenvalue weighted by Gasteiger charge is -2.33. The molecule has 1 amide bonds. The maximum atomic E-state index is 13.5. The van der Waals surface area contributed by atoms with Crippen LogP contribution in [0.15, 0.2) is 76.5 Å². The molecule has 1 aliphatic heterocycles. The van der Waals surface area contributed by atoms with E-state index in [0.29, 0.717) is 17.1 Å². The van der Waals surface area contributed by atoms with E-state index in [2.05, 4.69) is 4.72 Å². The third kappa shape index (κ3) is 7.52. The number of carbonyl (C=O) groups is 1. The normalized spacial score (nSPS) is 18.4. The second-order valence-corrected chi connectivity index (χ2v) is 14.8. The van der Waals surface area contributed by atoms with Crippen molar-refractivity contribution in [2.45, 2.75) is 49.1 Å². The molecule has 3 aromatic rings. The van der Waals surface area contributed by atoms with E-state index in [-0.39, 0.29) is 53.4 Å². The highest BCUT2D eigenvalue weighted by atomic mass is 32.2. The number of methoxy groups -OCH3 is 1. The van der Waals surface area contributed by atoms with E-state index in [1.165, 1.54) is 42.7 Å². The molecule has 0 saturated carbocycles. The molecule has 0 spiro atoms. The van der Waals surface area contributed by atoms with Gasteiger partial charge in [0.05, 0.1) is 42.5 Å². The molecule has 0 fully saturated rings. The minimum atomic E-state index is -3.90. The summed E-state index contributed by atoms with van der Waals surface area (Å²) in [5, 5.41) is 9.90. The number of nitrogens with one attached hydrogen (secondary N) is 1. The molecule has 3 aromatic carbocycles. The number of nitrogens with zero attached hydrogens (tertiary/aromatic N) is 2. The first-order valence-electron chi connectivity index (χ1n) is 14.1. The number of fused-ring (bicyclic) bond motifs is 1. The van der Waals surface area contributed by atoms with Crippen LogP contribution in [0.2, 0.25) is 0 Å². The summed E-state index contributed by atoms with van der Waals surface area (Å²) in [6, 6.07) is 16.7. The molecule has 4 rings (SSSR count). The Labute approximate surface area is 259 Å². The zero-order chi connectivity index (χ0) is 32.2. The Bertz CT molecular complexity index is 1680. The molecule has 13 heteroatoms. The number of sulfonamides is 2. The van der Waals surface area contributed by atoms with Crippen molar-refractivity contribution in [3.05, 3.63) is 77.9 Å². The van der Waals surface area contributed by atoms with Crippen LogP contribution in [0.25, 0.3) is 0 Å². The zero-order valence-electron chi connectivity index (χ0n) is 25.4. The number of anilines is 1. The van der Waals surface area contributed by atoms with E-state index in [0.717, 1.165) is 5.56 Å². The number of ether oxygens (including phenoxy) is 2. The lowest BCUT2D eigenvalue weighted by atomic mass is 10.0. The number of aliphatic hydroxyl groups is 1. The van der Waals surface area contributed by atoms with Crippen molar-refractivity contribution in [3.63, 3.8) is 0 Å². The van der Waals surface area contributed by atoms with Gasteiger partial charge in [-0.15, -0.1) is 0 Å². The number of benzene rings is 3. The first-order valence-corrected chi connectivity index (χ1v) is 17.1. The van der Waals surface area contributed by atoms with Gasteiger partial charge in [-0.3, -0.25) is 9.52 Å². The number of likely N-dealkylation sites (N-methyl/N-ethyl adjacent to an activating group) is 1. The van der Waals surface area contributed by atoms with E-state index in [1.54, 1.807) is 54.3 Å². The first kappa shape index (κ1) is 33.2. The number of carbonyl (C=O) groups excluding carboxylic acids is 1. The Kier molecular flexibility index (Phi) is 10.2. The molecule has 0 saturated heterocycles. The van der Waals surface area contributed by atoms with Gasteiger partial charge in [-0.25, -0.2) is 16.8 Å². The van der Waals surface area contributed by atoms with Crippen LogP contribution in [0, 0.1) is 12.8 Å². The average molecular weight is 646 g/mol. The minimum absolute atomic E-state index is 0.0354. The Morgan fingerprint density at radius 1 is 1.05 bits per heavy atom. The molecule has 11 nitrogen and oxygen atoms in total. The Morgan fingerprint density at radius 3 is 2.30 bits per heavy atom. The molecule has 3 atom stereocenters. The topological polar surface area (TPSA) is 143 Å². The molecular weight excluding hydrogens is 606 g/mol. The van der Waals surface area contributed by atoms with Crippen LogP contribution in [-0.4, -0.2) is 83.1 Å². The van der Waals surface area contributed by atoms with Crippen LogP contribution in [0.3, 0.4) is 0 Å². The lowest BCUT2D eigenvalue weighted by Crippen LogP contribution is -2.48. The fraction of sp³-hybridized carbons (Fsp3) is 0.387. The number of aryl methyl sites for hydroxylation is 1. The quantitative estimate of drug-likeness (QED) is 0.342. The number of hydrogen-bond donors (Lipinski definition) is 2. The van der Waals surface area contributed by atoms with Gasteiger partial charge >= 0.3 is 0 Å². The van der Waals surface area contributed by atoms with Gasteiger partial charge in [0.15, 0.2) is 0 Å². The van der Waals surface area contributed by atoms with Crippen molar-refractivity contribution in [2.24, 2.45) is 5.92 Å². The zero-order valence-corrected chi connectivity index (χ0v) is 27.1. The standard InChI is InChI=1S/C31H39N3O8S2/c1-21-6-11-27(12-7-21)43(37,38)32-25-8-15-29-24(16-25)17-31(36)34(23(3)20-35)18-22(2)30(42-29)19-33(4)44(39,40)28-13-9-26(41-5)10-14-28/h6-16,22-23,30,32,35H,17-20H2,1-5H3/t22-,23+,30-/m1/s1. The minimum Gasteiger partial charge on any atom is -0.497 e. The van der Waals surface area contributed by atoms with E-state index in [1.807, 2.05) is 13.8 Å². The summed E-state index contributed by atoms with van der Waals surface area (Å²) >= 11 is 0. The van der Waals surface area contributed by atoms with Gasteiger partial charge in [0.2, 0.25) is 15.9 Å². The third-order valence-corrected chi connectivity index (χ3v) is 10.9. The van der Waals surface area contributed by atoms with Crippen molar-refractivity contribution >= 4 is 31.6 Å². The Hall–Kier alpha value is -3.65. The first-order chi connectivity index (χ1) is 20.7. The van der Waals surface area contributed by atoms with Crippen LogP contribution in [0.4, 0.5) is 5.69 Å². The molecule has 0 aliphatic carbocycles. The molecule has 2 N–H and O–H groups in total. The van der Waals surface area contributed by atoms with Crippen molar-refractivity contribution in [2.75, 3.05) is 38.6 Å². The van der Waals surface area contributed by atoms with Gasteiger partial charge in [-0.05, 0) is 68.4 Å². The van der Waals surface area contributed by atoms with Crippen molar-refractivity contribution in [3.8, 4) is 11.5 Å². The van der Waals surface area contributed by atoms with Crippen molar-refractivity contribution < 1.29 is 36.2 Å². The van der Waals surface area contributed by atoms with Gasteiger partial charge in [0.1, 0.15) is 17.6 Å². The van der Waals surface area contributed by atoms with Gasteiger partial charge in [-0.1, -0.05) is 24.6 Å². The summed E-state index contributed by atoms with van der Waals surface area (Å²) < 4.78 is 68.3. The number of hydrogen-bond acceptors (Lipinski definition) is 8. The van der Waals surface area contributed by atoms with E-state index in [9.17, 15) is 26.7 Å². The summed E-state index contributed by atoms with van der Waals surface area (Å²) in [5.74, 6) is 0.246. The molecule has 0 aromatic heterocycles. The van der Waals surface area contributed by atoms with E-state index < -0.39 is 32.2 Å². The molecule has 0 bridgehead atoms. The fourth-order valence-corrected chi connectivity index (χ4v) is 7.15. The molecule has 238 valence electrons. The summed E-state index contributed by atoms with van der Waals surface area (Å²) in [6.45, 7) is 5.36. The second-order valence-electron chi connectivity index (χ2n) is 11.1. The highest BCUT2D eigenvalue weighted by molar-refractivity contribution is 7.92. The smallest absolute Gasteiger partial charge is 0.261 e. The molecule has 44 heavy (non-hydrogen) atoms. The Morgan fingerprint density at radius 2 is 1.68 bits per heavy atom. The number of aliphatic hydroxyl groups excluding tert-OH is 1. The summed E-state index contributed by atoms with van der Waals surface area (Å²) in [7, 11) is -4.84. The molecule has 1 heterocycles. The van der Waals surface area contributed by atoms with E-state index in [4.69, 9.17) is 9.47 Å². The molecule has 1 aliphatic rings. The summed E-state index contributed by atoms with van der Waals surface area (Å²) in [6.07, 6.45) is -0.805. The molecule has 0 unspecified atom stereocenters. The van der Waals surface area contributed by atoms with Gasteiger partial charge in [0.25, 0.3) is 10.0 Å². The predicted octanol–water partition coefficient (Wildman–Crippen LogP) is 3.27. The SMILES string of the molecule is COc1ccc(S(=O)(=O)N(C)C[C@H]2Oc3ccc(NS(=O)(=O)c4ccc(C)cc4)cc3CC(=O)N([C@@H](C)CO)C[C@H]2C)cc1. The molecule has 0 radical (unpaired) electrons.